The summed E-state index contributed by atoms with van der Waals surface area (Å²) in [5.41, 5.74) is 1.64. The number of benzene rings is 1. The fraction of sp³-hybridized carbons (Fsp3) is 0.167. The van der Waals surface area contributed by atoms with E-state index in [4.69, 9.17) is 9.52 Å². The predicted molar refractivity (Wildman–Crippen MR) is 61.3 cm³/mol. The van der Waals surface area contributed by atoms with Crippen molar-refractivity contribution in [2.45, 2.75) is 13.8 Å². The molecule has 0 spiro atoms. The molecule has 0 fully saturated rings. The molecule has 0 aliphatic carbocycles. The molecule has 2 rings (SSSR count). The van der Waals surface area contributed by atoms with Gasteiger partial charge in [0.15, 0.2) is 11.3 Å². The number of hydrogen-bond donors (Lipinski definition) is 1. The Morgan fingerprint density at radius 1 is 1.50 bits per heavy atom. The third-order valence-electron chi connectivity index (χ3n) is 2.11. The minimum absolute atomic E-state index is 0.0202. The Morgan fingerprint density at radius 3 is 2.94 bits per heavy atom. The molecule has 0 saturated heterocycles. The highest BCUT2D eigenvalue weighted by atomic mass is 16.4. The van der Waals surface area contributed by atoms with Gasteiger partial charge in [-0.1, -0.05) is 6.07 Å². The highest BCUT2D eigenvalue weighted by molar-refractivity contribution is 5.73. The maximum absolute atomic E-state index is 11.5. The molecule has 2 aromatic rings. The van der Waals surface area contributed by atoms with E-state index < -0.39 is 5.63 Å². The summed E-state index contributed by atoms with van der Waals surface area (Å²) in [6.07, 6.45) is 1.29. The van der Waals surface area contributed by atoms with Crippen molar-refractivity contribution < 1.29 is 9.52 Å². The topological polar surface area (TPSA) is 63.3 Å². The van der Waals surface area contributed by atoms with Gasteiger partial charge in [0.25, 0.3) is 0 Å². The summed E-state index contributed by atoms with van der Waals surface area (Å²) in [5, 5.41) is 9.10. The zero-order valence-electron chi connectivity index (χ0n) is 9.02. The lowest BCUT2D eigenvalue weighted by Gasteiger charge is -1.99. The largest absolute Gasteiger partial charge is 0.513 e. The molecule has 82 valence electrons. The summed E-state index contributed by atoms with van der Waals surface area (Å²) in [7, 11) is 0. The van der Waals surface area contributed by atoms with Crippen LogP contribution in [-0.2, 0) is 0 Å². The maximum atomic E-state index is 11.5. The van der Waals surface area contributed by atoms with Crippen LogP contribution in [0.3, 0.4) is 0 Å². The number of rotatable bonds is 1. The molecule has 0 saturated carbocycles. The fourth-order valence-corrected chi connectivity index (χ4v) is 1.42. The van der Waals surface area contributed by atoms with Crippen molar-refractivity contribution in [1.29, 1.82) is 0 Å². The van der Waals surface area contributed by atoms with Gasteiger partial charge in [-0.15, -0.1) is 0 Å². The number of allylic oxidation sites excluding steroid dienone is 1. The van der Waals surface area contributed by atoms with E-state index in [1.54, 1.807) is 6.07 Å². The number of aromatic nitrogens is 1. The SMILES string of the molecule is CC(O)=Cc1nc2cc(C)ccc2oc1=O. The van der Waals surface area contributed by atoms with E-state index in [2.05, 4.69) is 4.98 Å². The number of hydrogen-bond acceptors (Lipinski definition) is 4. The van der Waals surface area contributed by atoms with Gasteiger partial charge in [-0.05, 0) is 31.5 Å². The Balaban J connectivity index is 2.74. The average Bonchev–Trinajstić information content (AvgIpc) is 2.19. The van der Waals surface area contributed by atoms with Crippen LogP contribution in [0.2, 0.25) is 0 Å². The third-order valence-corrected chi connectivity index (χ3v) is 2.11. The van der Waals surface area contributed by atoms with Crippen molar-refractivity contribution in [1.82, 2.24) is 4.98 Å². The Morgan fingerprint density at radius 2 is 2.25 bits per heavy atom. The molecule has 16 heavy (non-hydrogen) atoms. The van der Waals surface area contributed by atoms with E-state index in [9.17, 15) is 4.79 Å². The smallest absolute Gasteiger partial charge is 0.362 e. The van der Waals surface area contributed by atoms with Crippen molar-refractivity contribution in [3.63, 3.8) is 0 Å². The van der Waals surface area contributed by atoms with Gasteiger partial charge in [0.2, 0.25) is 0 Å². The van der Waals surface area contributed by atoms with Crippen LogP contribution < -0.4 is 5.63 Å². The van der Waals surface area contributed by atoms with Gasteiger partial charge in [-0.25, -0.2) is 9.78 Å². The molecule has 0 aliphatic rings. The van der Waals surface area contributed by atoms with E-state index >= 15 is 0 Å². The lowest BCUT2D eigenvalue weighted by Crippen LogP contribution is -2.06. The van der Waals surface area contributed by atoms with E-state index in [0.717, 1.165) is 5.56 Å². The van der Waals surface area contributed by atoms with Crippen molar-refractivity contribution in [2.75, 3.05) is 0 Å². The van der Waals surface area contributed by atoms with Crippen LogP contribution >= 0.6 is 0 Å². The molecule has 0 bridgehead atoms. The first kappa shape index (κ1) is 10.4. The van der Waals surface area contributed by atoms with E-state index in [1.165, 1.54) is 13.0 Å². The molecule has 0 atom stereocenters. The normalized spacial score (nSPS) is 12.0. The molecule has 1 aromatic heterocycles. The lowest BCUT2D eigenvalue weighted by atomic mass is 10.2. The minimum atomic E-state index is -0.551. The first-order chi connectivity index (χ1) is 7.56. The molecule has 1 aromatic carbocycles. The van der Waals surface area contributed by atoms with Gasteiger partial charge in [0.05, 0.1) is 5.76 Å². The van der Waals surface area contributed by atoms with Gasteiger partial charge >= 0.3 is 5.63 Å². The van der Waals surface area contributed by atoms with Crippen LogP contribution in [0, 0.1) is 6.92 Å². The van der Waals surface area contributed by atoms with Crippen LogP contribution in [-0.4, -0.2) is 10.1 Å². The summed E-state index contributed by atoms with van der Waals surface area (Å²) >= 11 is 0. The molecule has 1 N–H and O–H groups in total. The van der Waals surface area contributed by atoms with Crippen molar-refractivity contribution in [2.24, 2.45) is 0 Å². The van der Waals surface area contributed by atoms with Crippen molar-refractivity contribution in [3.8, 4) is 0 Å². The Hall–Kier alpha value is -2.10. The van der Waals surface area contributed by atoms with E-state index in [0.29, 0.717) is 11.1 Å². The summed E-state index contributed by atoms with van der Waals surface area (Å²) in [6.45, 7) is 3.40. The zero-order valence-corrected chi connectivity index (χ0v) is 9.02. The second-order valence-corrected chi connectivity index (χ2v) is 3.64. The highest BCUT2D eigenvalue weighted by Gasteiger charge is 2.05. The minimum Gasteiger partial charge on any atom is -0.513 e. The lowest BCUT2D eigenvalue weighted by molar-refractivity contribution is 0.419. The monoisotopic (exact) mass is 217 g/mol. The summed E-state index contributed by atoms with van der Waals surface area (Å²) < 4.78 is 5.07. The van der Waals surface area contributed by atoms with Crippen LogP contribution in [0.1, 0.15) is 18.2 Å². The van der Waals surface area contributed by atoms with E-state index in [-0.39, 0.29) is 11.5 Å². The van der Waals surface area contributed by atoms with Crippen LogP contribution in [0.5, 0.6) is 0 Å². The second kappa shape index (κ2) is 3.81. The first-order valence-corrected chi connectivity index (χ1v) is 4.85. The number of fused-ring (bicyclic) bond motifs is 1. The Bertz CT molecular complexity index is 622. The second-order valence-electron chi connectivity index (χ2n) is 3.64. The molecule has 4 nitrogen and oxygen atoms in total. The first-order valence-electron chi connectivity index (χ1n) is 4.85. The zero-order chi connectivity index (χ0) is 11.7. The fourth-order valence-electron chi connectivity index (χ4n) is 1.42. The predicted octanol–water partition coefficient (Wildman–Crippen LogP) is 2.42. The van der Waals surface area contributed by atoms with E-state index in [1.807, 2.05) is 19.1 Å². The summed E-state index contributed by atoms with van der Waals surface area (Å²) in [5.74, 6) is 0.0202. The summed E-state index contributed by atoms with van der Waals surface area (Å²) in [6, 6.07) is 5.38. The van der Waals surface area contributed by atoms with Gasteiger partial charge in [0, 0.05) is 6.08 Å². The van der Waals surface area contributed by atoms with Crippen molar-refractivity contribution >= 4 is 17.2 Å². The van der Waals surface area contributed by atoms with Gasteiger partial charge in [-0.2, -0.15) is 0 Å². The molecular weight excluding hydrogens is 206 g/mol. The summed E-state index contributed by atoms with van der Waals surface area (Å²) in [4.78, 5) is 15.6. The number of aliphatic hydroxyl groups excluding tert-OH is 1. The average molecular weight is 217 g/mol. The van der Waals surface area contributed by atoms with Crippen LogP contribution in [0.25, 0.3) is 17.2 Å². The standard InChI is InChI=1S/C12H11NO3/c1-7-3-4-11-9(5-7)13-10(6-8(2)14)12(15)16-11/h3-6,14H,1-2H3. The molecule has 0 radical (unpaired) electrons. The van der Waals surface area contributed by atoms with Gasteiger partial charge < -0.3 is 9.52 Å². The van der Waals surface area contributed by atoms with Gasteiger partial charge in [-0.3, -0.25) is 0 Å². The molecule has 4 heteroatoms. The molecule has 0 aliphatic heterocycles. The number of nitrogens with zero attached hydrogens (tertiary/aromatic N) is 1. The number of aryl methyl sites for hydroxylation is 1. The quantitative estimate of drug-likeness (QED) is 0.745. The van der Waals surface area contributed by atoms with Crippen molar-refractivity contribution in [3.05, 3.63) is 45.6 Å². The van der Waals surface area contributed by atoms with Gasteiger partial charge in [0.1, 0.15) is 5.52 Å². The molecule has 0 amide bonds. The van der Waals surface area contributed by atoms with Crippen LogP contribution in [0.15, 0.2) is 33.2 Å². The highest BCUT2D eigenvalue weighted by Crippen LogP contribution is 2.12. The molecular formula is C12H11NO3. The third kappa shape index (κ3) is 1.95. The Kier molecular flexibility index (Phi) is 2.48. The molecule has 1 heterocycles. The number of aliphatic hydroxyl groups is 1. The van der Waals surface area contributed by atoms with Crippen LogP contribution in [0.4, 0.5) is 0 Å². The maximum Gasteiger partial charge on any atom is 0.362 e. The molecule has 0 unspecified atom stereocenters. The Labute approximate surface area is 91.9 Å².